The maximum absolute atomic E-state index is 11.5. The van der Waals surface area contributed by atoms with E-state index in [4.69, 9.17) is 5.11 Å². The minimum absolute atomic E-state index is 0.0920. The maximum atomic E-state index is 11.5. The summed E-state index contributed by atoms with van der Waals surface area (Å²) in [6.45, 7) is 2.10. The molecule has 2 N–H and O–H groups in total. The molecule has 1 rings (SSSR count). The monoisotopic (exact) mass is 317 g/mol. The van der Waals surface area contributed by atoms with Gasteiger partial charge in [-0.05, 0) is 47.8 Å². The molecule has 0 spiro atoms. The first-order valence-electron chi connectivity index (χ1n) is 5.45. The van der Waals surface area contributed by atoms with Crippen molar-refractivity contribution in [1.82, 2.24) is 5.32 Å². The predicted molar refractivity (Wildman–Crippen MR) is 75.0 cm³/mol. The molecule has 1 atom stereocenters. The van der Waals surface area contributed by atoms with Crippen LogP contribution in [0.1, 0.15) is 24.6 Å². The van der Waals surface area contributed by atoms with Crippen LogP contribution in [0.25, 0.3) is 6.08 Å². The van der Waals surface area contributed by atoms with Gasteiger partial charge in [0, 0.05) is 33.5 Å². The molecular formula is C12H16BrNO2S. The highest BCUT2D eigenvalue weighted by atomic mass is 79.9. The fraction of sp³-hybridized carbons (Fsp3) is 0.417. The molecule has 1 aromatic heterocycles. The molecule has 3 nitrogen and oxygen atoms in total. The van der Waals surface area contributed by atoms with Crippen molar-refractivity contribution >= 4 is 39.2 Å². The van der Waals surface area contributed by atoms with Gasteiger partial charge in [-0.1, -0.05) is 0 Å². The van der Waals surface area contributed by atoms with Gasteiger partial charge in [-0.2, -0.15) is 0 Å². The van der Waals surface area contributed by atoms with E-state index >= 15 is 0 Å². The molecule has 0 aromatic carbocycles. The lowest BCUT2D eigenvalue weighted by atomic mass is 10.2. The topological polar surface area (TPSA) is 49.3 Å². The number of aliphatic hydroxyl groups is 1. The Morgan fingerprint density at radius 3 is 3.06 bits per heavy atom. The van der Waals surface area contributed by atoms with Crippen molar-refractivity contribution in [2.24, 2.45) is 0 Å². The first-order valence-corrected chi connectivity index (χ1v) is 7.12. The van der Waals surface area contributed by atoms with Gasteiger partial charge in [0.2, 0.25) is 5.91 Å². The summed E-state index contributed by atoms with van der Waals surface area (Å²) in [6.07, 6.45) is 4.83. The smallest absolute Gasteiger partial charge is 0.244 e. The van der Waals surface area contributed by atoms with Gasteiger partial charge in [-0.15, -0.1) is 11.3 Å². The van der Waals surface area contributed by atoms with Gasteiger partial charge in [0.05, 0.1) is 0 Å². The van der Waals surface area contributed by atoms with Crippen LogP contribution in [0.4, 0.5) is 0 Å². The molecule has 1 aromatic rings. The molecule has 0 fully saturated rings. The lowest BCUT2D eigenvalue weighted by Crippen LogP contribution is -2.31. The number of halogens is 1. The number of carbonyl (C=O) groups excluding carboxylic acids is 1. The van der Waals surface area contributed by atoms with Gasteiger partial charge in [0.25, 0.3) is 0 Å². The third-order valence-corrected chi connectivity index (χ3v) is 3.83. The molecule has 5 heteroatoms. The predicted octanol–water partition coefficient (Wildman–Crippen LogP) is 2.80. The molecule has 0 aliphatic carbocycles. The van der Waals surface area contributed by atoms with Gasteiger partial charge in [0.15, 0.2) is 0 Å². The maximum Gasteiger partial charge on any atom is 0.244 e. The van der Waals surface area contributed by atoms with Gasteiger partial charge in [0.1, 0.15) is 0 Å². The third kappa shape index (κ3) is 6.00. The van der Waals surface area contributed by atoms with Crippen molar-refractivity contribution < 1.29 is 9.90 Å². The van der Waals surface area contributed by atoms with Crippen LogP contribution in [0.2, 0.25) is 0 Å². The van der Waals surface area contributed by atoms with Gasteiger partial charge in [-0.3, -0.25) is 4.79 Å². The molecule has 1 heterocycles. The summed E-state index contributed by atoms with van der Waals surface area (Å²) in [7, 11) is 0. The normalized spacial score (nSPS) is 12.9. The Hall–Kier alpha value is -0.650. The van der Waals surface area contributed by atoms with Crippen LogP contribution in [-0.2, 0) is 4.79 Å². The van der Waals surface area contributed by atoms with Crippen molar-refractivity contribution in [3.05, 3.63) is 26.9 Å². The number of amides is 1. The number of thiophene rings is 1. The summed E-state index contributed by atoms with van der Waals surface area (Å²) in [5, 5.41) is 13.5. The second-order valence-electron chi connectivity index (χ2n) is 3.78. The zero-order valence-electron chi connectivity index (χ0n) is 9.65. The molecule has 1 unspecified atom stereocenters. The second kappa shape index (κ2) is 7.63. The largest absolute Gasteiger partial charge is 0.396 e. The number of rotatable bonds is 6. The minimum Gasteiger partial charge on any atom is -0.396 e. The first-order chi connectivity index (χ1) is 8.11. The van der Waals surface area contributed by atoms with E-state index in [9.17, 15) is 4.79 Å². The number of hydrogen-bond acceptors (Lipinski definition) is 3. The highest BCUT2D eigenvalue weighted by Gasteiger charge is 2.03. The molecular weight excluding hydrogens is 302 g/mol. The van der Waals surface area contributed by atoms with E-state index in [-0.39, 0.29) is 18.6 Å². The van der Waals surface area contributed by atoms with Crippen molar-refractivity contribution in [3.8, 4) is 0 Å². The average Bonchev–Trinajstić information content (AvgIpc) is 2.70. The van der Waals surface area contributed by atoms with E-state index in [1.54, 1.807) is 17.4 Å². The lowest BCUT2D eigenvalue weighted by molar-refractivity contribution is -0.117. The zero-order valence-corrected chi connectivity index (χ0v) is 12.1. The van der Waals surface area contributed by atoms with E-state index in [0.717, 1.165) is 15.8 Å². The molecule has 0 aliphatic rings. The van der Waals surface area contributed by atoms with Crippen LogP contribution < -0.4 is 5.32 Å². The van der Waals surface area contributed by atoms with Gasteiger partial charge >= 0.3 is 0 Å². The Morgan fingerprint density at radius 1 is 1.71 bits per heavy atom. The third-order valence-electron chi connectivity index (χ3n) is 2.17. The average molecular weight is 318 g/mol. The Labute approximate surface area is 114 Å². The highest BCUT2D eigenvalue weighted by molar-refractivity contribution is 9.10. The van der Waals surface area contributed by atoms with Crippen LogP contribution in [0.3, 0.4) is 0 Å². The zero-order chi connectivity index (χ0) is 12.7. The van der Waals surface area contributed by atoms with Crippen molar-refractivity contribution in [2.45, 2.75) is 25.8 Å². The summed E-state index contributed by atoms with van der Waals surface area (Å²) in [4.78, 5) is 12.6. The molecule has 1 amide bonds. The SMILES string of the molecule is CC(CCCO)NC(=O)/C=C/c1cc(Br)cs1. The van der Waals surface area contributed by atoms with Crippen LogP contribution in [0.15, 0.2) is 22.0 Å². The van der Waals surface area contributed by atoms with E-state index in [0.29, 0.717) is 6.42 Å². The van der Waals surface area contributed by atoms with Crippen molar-refractivity contribution in [2.75, 3.05) is 6.61 Å². The highest BCUT2D eigenvalue weighted by Crippen LogP contribution is 2.20. The van der Waals surface area contributed by atoms with Crippen LogP contribution in [-0.4, -0.2) is 23.7 Å². The van der Waals surface area contributed by atoms with E-state index in [2.05, 4.69) is 21.2 Å². The Morgan fingerprint density at radius 2 is 2.47 bits per heavy atom. The fourth-order valence-electron chi connectivity index (χ4n) is 1.33. The summed E-state index contributed by atoms with van der Waals surface area (Å²) in [5.74, 6) is -0.0973. The number of aliphatic hydroxyl groups excluding tert-OH is 1. The number of hydrogen-bond donors (Lipinski definition) is 2. The van der Waals surface area contributed by atoms with Crippen LogP contribution >= 0.6 is 27.3 Å². The molecule has 0 radical (unpaired) electrons. The standard InChI is InChI=1S/C12H16BrNO2S/c1-9(3-2-6-15)14-12(16)5-4-11-7-10(13)8-17-11/h4-5,7-9,15H,2-3,6H2,1H3,(H,14,16)/b5-4+. The molecule has 0 aliphatic heterocycles. The lowest BCUT2D eigenvalue weighted by Gasteiger charge is -2.10. The summed E-state index contributed by atoms with van der Waals surface area (Å²) in [6, 6.07) is 2.05. The van der Waals surface area contributed by atoms with E-state index in [1.165, 1.54) is 6.08 Å². The number of carbonyl (C=O) groups is 1. The molecule has 0 bridgehead atoms. The molecule has 94 valence electrons. The Bertz CT molecular complexity index is 390. The van der Waals surface area contributed by atoms with E-state index in [1.807, 2.05) is 18.4 Å². The van der Waals surface area contributed by atoms with Crippen LogP contribution in [0.5, 0.6) is 0 Å². The molecule has 17 heavy (non-hydrogen) atoms. The summed E-state index contributed by atoms with van der Waals surface area (Å²) < 4.78 is 1.03. The summed E-state index contributed by atoms with van der Waals surface area (Å²) in [5.41, 5.74) is 0. The van der Waals surface area contributed by atoms with Gasteiger partial charge < -0.3 is 10.4 Å². The fourth-order valence-corrected chi connectivity index (χ4v) is 2.67. The molecule has 0 saturated carbocycles. The van der Waals surface area contributed by atoms with Crippen LogP contribution in [0, 0.1) is 0 Å². The van der Waals surface area contributed by atoms with Crippen molar-refractivity contribution in [1.29, 1.82) is 0 Å². The first kappa shape index (κ1) is 14.4. The number of nitrogens with one attached hydrogen (secondary N) is 1. The second-order valence-corrected chi connectivity index (χ2v) is 5.63. The molecule has 0 saturated heterocycles. The van der Waals surface area contributed by atoms with Gasteiger partial charge in [-0.25, -0.2) is 0 Å². The van der Waals surface area contributed by atoms with E-state index < -0.39 is 0 Å². The quantitative estimate of drug-likeness (QED) is 0.793. The Kier molecular flexibility index (Phi) is 6.47. The summed E-state index contributed by atoms with van der Waals surface area (Å²) >= 11 is 4.94. The Balaban J connectivity index is 2.36. The van der Waals surface area contributed by atoms with Crippen molar-refractivity contribution in [3.63, 3.8) is 0 Å². The minimum atomic E-state index is -0.0973.